The zero-order chi connectivity index (χ0) is 19.8. The second-order valence-corrected chi connectivity index (χ2v) is 7.88. The van der Waals surface area contributed by atoms with Crippen molar-refractivity contribution in [2.24, 2.45) is 5.41 Å². The van der Waals surface area contributed by atoms with Crippen LogP contribution in [0, 0.1) is 5.41 Å². The molecule has 146 valence electrons. The predicted octanol–water partition coefficient (Wildman–Crippen LogP) is 1.81. The second-order valence-electron chi connectivity index (χ2n) is 7.88. The van der Waals surface area contributed by atoms with E-state index >= 15 is 0 Å². The van der Waals surface area contributed by atoms with Crippen molar-refractivity contribution in [2.75, 3.05) is 36.1 Å². The van der Waals surface area contributed by atoms with Crippen molar-refractivity contribution in [1.29, 1.82) is 0 Å². The number of halogens is 1. The summed E-state index contributed by atoms with van der Waals surface area (Å²) in [5.41, 5.74) is 0.465. The fourth-order valence-corrected chi connectivity index (χ4v) is 3.11. The molecule has 2 N–H and O–H groups in total. The van der Waals surface area contributed by atoms with E-state index in [0.717, 1.165) is 12.8 Å². The molecule has 1 heterocycles. The summed E-state index contributed by atoms with van der Waals surface area (Å²) >= 11 is 0. The van der Waals surface area contributed by atoms with Crippen LogP contribution in [-0.4, -0.2) is 55.2 Å². The molecular formula is C19H24FN3O4. The highest BCUT2D eigenvalue weighted by molar-refractivity contribution is 6.12. The van der Waals surface area contributed by atoms with Crippen molar-refractivity contribution in [2.45, 2.75) is 32.7 Å². The summed E-state index contributed by atoms with van der Waals surface area (Å²) in [6, 6.07) is 4.59. The Labute approximate surface area is 157 Å². The van der Waals surface area contributed by atoms with Crippen LogP contribution in [-0.2, 0) is 9.59 Å². The third-order valence-corrected chi connectivity index (χ3v) is 4.79. The largest absolute Gasteiger partial charge is 0.478 e. The number of carbonyl (C=O) groups excluding carboxylic acids is 2. The summed E-state index contributed by atoms with van der Waals surface area (Å²) in [7, 11) is 0. The van der Waals surface area contributed by atoms with E-state index in [-0.39, 0.29) is 36.5 Å². The molecular weight excluding hydrogens is 353 g/mol. The summed E-state index contributed by atoms with van der Waals surface area (Å²) in [5.74, 6) is -1.62. The molecule has 7 nitrogen and oxygen atoms in total. The van der Waals surface area contributed by atoms with Gasteiger partial charge in [-0.2, -0.15) is 0 Å². The standard InChI is InChI=1S/C19H24FN3O4/c1-19(2,10-20)11-21-8-16(24)22-9-17(25)23(13-4-5-13)14-6-3-12(18(26)27)7-15(14)22/h3,6-7,13,21H,4-5,8-11H2,1-2H3,(H,26,27). The molecule has 1 aliphatic heterocycles. The van der Waals surface area contributed by atoms with Gasteiger partial charge in [0.15, 0.2) is 0 Å². The Bertz CT molecular complexity index is 776. The molecule has 0 radical (unpaired) electrons. The third-order valence-electron chi connectivity index (χ3n) is 4.79. The topological polar surface area (TPSA) is 90.0 Å². The number of hydrogen-bond donors (Lipinski definition) is 2. The van der Waals surface area contributed by atoms with Crippen molar-refractivity contribution in [3.63, 3.8) is 0 Å². The predicted molar refractivity (Wildman–Crippen MR) is 98.9 cm³/mol. The molecule has 1 saturated carbocycles. The maximum atomic E-state index is 12.9. The van der Waals surface area contributed by atoms with Crippen LogP contribution in [0.5, 0.6) is 0 Å². The molecule has 0 bridgehead atoms. The lowest BCUT2D eigenvalue weighted by molar-refractivity contribution is -0.122. The fourth-order valence-electron chi connectivity index (χ4n) is 3.11. The van der Waals surface area contributed by atoms with Crippen LogP contribution in [0.4, 0.5) is 15.8 Å². The molecule has 1 fully saturated rings. The van der Waals surface area contributed by atoms with Crippen LogP contribution in [0.3, 0.4) is 0 Å². The van der Waals surface area contributed by atoms with Crippen molar-refractivity contribution in [3.05, 3.63) is 23.8 Å². The van der Waals surface area contributed by atoms with Crippen molar-refractivity contribution < 1.29 is 23.9 Å². The molecule has 2 aliphatic rings. The number of amides is 2. The van der Waals surface area contributed by atoms with Gasteiger partial charge < -0.3 is 15.3 Å². The fraction of sp³-hybridized carbons (Fsp3) is 0.526. The number of fused-ring (bicyclic) bond motifs is 1. The number of alkyl halides is 1. The number of carbonyl (C=O) groups is 3. The molecule has 0 saturated heterocycles. The van der Waals surface area contributed by atoms with Crippen LogP contribution in [0.25, 0.3) is 0 Å². The van der Waals surface area contributed by atoms with Gasteiger partial charge in [-0.3, -0.25) is 18.9 Å². The summed E-state index contributed by atoms with van der Waals surface area (Å²) in [5, 5.41) is 12.2. The lowest BCUT2D eigenvalue weighted by atomic mass is 9.96. The van der Waals surface area contributed by atoms with Gasteiger partial charge in [0.05, 0.1) is 30.2 Å². The van der Waals surface area contributed by atoms with Crippen LogP contribution < -0.4 is 15.1 Å². The Morgan fingerprint density at radius 1 is 1.30 bits per heavy atom. The lowest BCUT2D eigenvalue weighted by Crippen LogP contribution is -2.51. The number of carboxylic acid groups (broad SMARTS) is 1. The number of nitrogens with one attached hydrogen (secondary N) is 1. The minimum atomic E-state index is -1.09. The Balaban J connectivity index is 1.84. The van der Waals surface area contributed by atoms with E-state index in [0.29, 0.717) is 17.9 Å². The summed E-state index contributed by atoms with van der Waals surface area (Å²) in [6.45, 7) is 3.11. The van der Waals surface area contributed by atoms with E-state index in [1.807, 2.05) is 0 Å². The van der Waals surface area contributed by atoms with Gasteiger partial charge in [0, 0.05) is 18.0 Å². The number of carboxylic acids is 1. The zero-order valence-electron chi connectivity index (χ0n) is 15.5. The zero-order valence-corrected chi connectivity index (χ0v) is 15.5. The van der Waals surface area contributed by atoms with Gasteiger partial charge in [0.1, 0.15) is 6.54 Å². The first kappa shape index (κ1) is 19.3. The van der Waals surface area contributed by atoms with Gasteiger partial charge in [-0.1, -0.05) is 13.8 Å². The first-order valence-corrected chi connectivity index (χ1v) is 9.00. The monoisotopic (exact) mass is 377 g/mol. The summed E-state index contributed by atoms with van der Waals surface area (Å²) < 4.78 is 12.9. The van der Waals surface area contributed by atoms with Gasteiger partial charge in [0.25, 0.3) is 0 Å². The first-order chi connectivity index (χ1) is 12.7. The second kappa shape index (κ2) is 7.26. The maximum absolute atomic E-state index is 12.9. The van der Waals surface area contributed by atoms with E-state index in [1.54, 1.807) is 24.8 Å². The smallest absolute Gasteiger partial charge is 0.335 e. The van der Waals surface area contributed by atoms with Gasteiger partial charge in [-0.05, 0) is 31.0 Å². The molecule has 27 heavy (non-hydrogen) atoms. The molecule has 2 amide bonds. The highest BCUT2D eigenvalue weighted by Crippen LogP contribution is 2.41. The highest BCUT2D eigenvalue weighted by Gasteiger charge is 2.40. The first-order valence-electron chi connectivity index (χ1n) is 9.00. The number of rotatable bonds is 7. The van der Waals surface area contributed by atoms with Crippen molar-refractivity contribution in [3.8, 4) is 0 Å². The van der Waals surface area contributed by atoms with E-state index in [2.05, 4.69) is 5.32 Å². The van der Waals surface area contributed by atoms with Crippen LogP contribution in [0.2, 0.25) is 0 Å². The molecule has 0 atom stereocenters. The van der Waals surface area contributed by atoms with E-state index in [1.165, 1.54) is 17.0 Å². The molecule has 0 aromatic heterocycles. The summed E-state index contributed by atoms with van der Waals surface area (Å²) in [4.78, 5) is 39.6. The number of anilines is 2. The van der Waals surface area contributed by atoms with E-state index in [9.17, 15) is 23.9 Å². The van der Waals surface area contributed by atoms with Crippen LogP contribution in [0.1, 0.15) is 37.0 Å². The van der Waals surface area contributed by atoms with Gasteiger partial charge in [-0.25, -0.2) is 4.79 Å². The Morgan fingerprint density at radius 2 is 2.00 bits per heavy atom. The Kier molecular flexibility index (Phi) is 5.19. The number of nitrogens with zero attached hydrogens (tertiary/aromatic N) is 2. The molecule has 3 rings (SSSR count). The maximum Gasteiger partial charge on any atom is 0.335 e. The highest BCUT2D eigenvalue weighted by atomic mass is 19.1. The number of benzene rings is 1. The minimum Gasteiger partial charge on any atom is -0.478 e. The van der Waals surface area contributed by atoms with Gasteiger partial charge in [0.2, 0.25) is 11.8 Å². The Hall–Kier alpha value is -2.48. The van der Waals surface area contributed by atoms with Gasteiger partial charge >= 0.3 is 5.97 Å². The molecule has 1 aliphatic carbocycles. The minimum absolute atomic E-state index is 0.0585. The van der Waals surface area contributed by atoms with E-state index < -0.39 is 18.1 Å². The van der Waals surface area contributed by atoms with Crippen molar-refractivity contribution in [1.82, 2.24) is 5.32 Å². The van der Waals surface area contributed by atoms with Crippen molar-refractivity contribution >= 4 is 29.2 Å². The third kappa shape index (κ3) is 4.10. The molecule has 8 heteroatoms. The molecule has 1 aromatic carbocycles. The number of hydrogen-bond acceptors (Lipinski definition) is 4. The molecule has 1 aromatic rings. The van der Waals surface area contributed by atoms with E-state index in [4.69, 9.17) is 0 Å². The summed E-state index contributed by atoms with van der Waals surface area (Å²) in [6.07, 6.45) is 1.80. The SMILES string of the molecule is CC(C)(CF)CNCC(=O)N1CC(=O)N(C2CC2)c2ccc(C(=O)O)cc21. The average molecular weight is 377 g/mol. The average Bonchev–Trinajstić information content (AvgIpc) is 3.45. The van der Waals surface area contributed by atoms with Gasteiger partial charge in [-0.15, -0.1) is 0 Å². The van der Waals surface area contributed by atoms with Crippen LogP contribution >= 0.6 is 0 Å². The Morgan fingerprint density at radius 3 is 2.59 bits per heavy atom. The molecule has 0 unspecified atom stereocenters. The number of aromatic carboxylic acids is 1. The lowest BCUT2D eigenvalue weighted by Gasteiger charge is -2.36. The normalized spacial score (nSPS) is 17.1. The quantitative estimate of drug-likeness (QED) is 0.756. The molecule has 0 spiro atoms. The van der Waals surface area contributed by atoms with Crippen LogP contribution in [0.15, 0.2) is 18.2 Å².